The van der Waals surface area contributed by atoms with Crippen molar-refractivity contribution >= 4 is 5.91 Å². The molecule has 0 unspecified atom stereocenters. The van der Waals surface area contributed by atoms with E-state index < -0.39 is 12.3 Å². The lowest BCUT2D eigenvalue weighted by Crippen LogP contribution is -2.48. The van der Waals surface area contributed by atoms with E-state index in [-0.39, 0.29) is 5.91 Å². The van der Waals surface area contributed by atoms with Crippen LogP contribution in [0, 0.1) is 5.92 Å². The van der Waals surface area contributed by atoms with Crippen molar-refractivity contribution in [1.82, 2.24) is 4.90 Å². The molecule has 1 atom stereocenters. The van der Waals surface area contributed by atoms with Crippen molar-refractivity contribution in [2.24, 2.45) is 11.7 Å². The van der Waals surface area contributed by atoms with Crippen LogP contribution in [-0.4, -0.2) is 49.4 Å². The largest absolute Gasteiger partial charge is 0.351 e. The first-order valence-corrected chi connectivity index (χ1v) is 9.79. The summed E-state index contributed by atoms with van der Waals surface area (Å²) >= 11 is 0. The van der Waals surface area contributed by atoms with Gasteiger partial charge in [-0.15, -0.1) is 0 Å². The Labute approximate surface area is 158 Å². The van der Waals surface area contributed by atoms with Crippen molar-refractivity contribution < 1.29 is 14.3 Å². The third-order valence-electron chi connectivity index (χ3n) is 4.27. The molecular formula is C21H36N2O3. The van der Waals surface area contributed by atoms with Gasteiger partial charge in [-0.25, -0.2) is 0 Å². The number of nitrogens with zero attached hydrogens (tertiary/aromatic N) is 1. The van der Waals surface area contributed by atoms with Crippen molar-refractivity contribution in [3.8, 4) is 0 Å². The molecule has 0 heterocycles. The number of hydrogen-bond donors (Lipinski definition) is 1. The second-order valence-electron chi connectivity index (χ2n) is 6.94. The topological polar surface area (TPSA) is 64.8 Å². The summed E-state index contributed by atoms with van der Waals surface area (Å²) in [6, 6.07) is 9.62. The van der Waals surface area contributed by atoms with Gasteiger partial charge in [-0.05, 0) is 44.6 Å². The Morgan fingerprint density at radius 1 is 1.08 bits per heavy atom. The van der Waals surface area contributed by atoms with Gasteiger partial charge in [-0.2, -0.15) is 0 Å². The van der Waals surface area contributed by atoms with Gasteiger partial charge in [0.15, 0.2) is 6.29 Å². The molecule has 0 saturated heterocycles. The third-order valence-corrected chi connectivity index (χ3v) is 4.27. The van der Waals surface area contributed by atoms with Crippen molar-refractivity contribution in [1.29, 1.82) is 0 Å². The zero-order chi connectivity index (χ0) is 19.4. The molecule has 1 rings (SSSR count). The molecule has 148 valence electrons. The Hall–Kier alpha value is -1.43. The summed E-state index contributed by atoms with van der Waals surface area (Å²) in [7, 11) is 0. The van der Waals surface area contributed by atoms with E-state index >= 15 is 0 Å². The molecule has 0 aromatic heterocycles. The van der Waals surface area contributed by atoms with Gasteiger partial charge in [0.1, 0.15) is 0 Å². The predicted octanol–water partition coefficient (Wildman–Crippen LogP) is 3.22. The van der Waals surface area contributed by atoms with Crippen LogP contribution in [0.2, 0.25) is 0 Å². The number of rotatable bonds is 13. The first-order valence-electron chi connectivity index (χ1n) is 9.79. The Kier molecular flexibility index (Phi) is 11.2. The first kappa shape index (κ1) is 22.6. The maximum Gasteiger partial charge on any atom is 0.239 e. The predicted molar refractivity (Wildman–Crippen MR) is 106 cm³/mol. The van der Waals surface area contributed by atoms with Crippen LogP contribution in [0.15, 0.2) is 30.3 Å². The molecular weight excluding hydrogens is 328 g/mol. The summed E-state index contributed by atoms with van der Waals surface area (Å²) in [6.07, 6.45) is 1.96. The molecule has 1 aromatic carbocycles. The number of carbonyl (C=O) groups is 1. The molecule has 1 amide bonds. The van der Waals surface area contributed by atoms with Gasteiger partial charge in [0.2, 0.25) is 5.91 Å². The summed E-state index contributed by atoms with van der Waals surface area (Å²) in [6.45, 7) is 10.4. The molecule has 5 nitrogen and oxygen atoms in total. The summed E-state index contributed by atoms with van der Waals surface area (Å²) in [5, 5.41) is 0. The quantitative estimate of drug-likeness (QED) is 0.546. The number of aryl methyl sites for hydroxylation is 1. The fourth-order valence-corrected chi connectivity index (χ4v) is 2.74. The van der Waals surface area contributed by atoms with E-state index in [1.165, 1.54) is 5.56 Å². The average Bonchev–Trinajstić information content (AvgIpc) is 2.63. The van der Waals surface area contributed by atoms with Crippen molar-refractivity contribution in [2.75, 3.05) is 26.3 Å². The van der Waals surface area contributed by atoms with E-state index in [9.17, 15) is 4.79 Å². The smallest absolute Gasteiger partial charge is 0.239 e. The van der Waals surface area contributed by atoms with Crippen LogP contribution in [-0.2, 0) is 20.7 Å². The van der Waals surface area contributed by atoms with Crippen LogP contribution in [0.5, 0.6) is 0 Å². The zero-order valence-corrected chi connectivity index (χ0v) is 16.8. The number of nitrogens with two attached hydrogens (primary N) is 1. The van der Waals surface area contributed by atoms with Crippen LogP contribution in [0.25, 0.3) is 0 Å². The van der Waals surface area contributed by atoms with Gasteiger partial charge in [-0.3, -0.25) is 4.79 Å². The Bertz CT molecular complexity index is 487. The highest BCUT2D eigenvalue weighted by molar-refractivity contribution is 5.81. The number of carbonyl (C=O) groups excluding carboxylic acids is 1. The molecule has 0 spiro atoms. The number of amides is 1. The SMILES string of the molecule is CCOC(CN(CCC(C)C)C(=O)[C@@H](N)CCc1ccccc1)OCC. The molecule has 2 N–H and O–H groups in total. The number of benzene rings is 1. The van der Waals surface area contributed by atoms with Gasteiger partial charge >= 0.3 is 0 Å². The normalized spacial score (nSPS) is 12.6. The Morgan fingerprint density at radius 2 is 1.69 bits per heavy atom. The minimum absolute atomic E-state index is 0.0222. The van der Waals surface area contributed by atoms with Crippen molar-refractivity contribution in [2.45, 2.75) is 59.3 Å². The summed E-state index contributed by atoms with van der Waals surface area (Å²) in [4.78, 5) is 14.7. The highest BCUT2D eigenvalue weighted by atomic mass is 16.7. The van der Waals surface area contributed by atoms with Crippen LogP contribution in [0.3, 0.4) is 0 Å². The molecule has 0 radical (unpaired) electrons. The molecule has 0 aliphatic heterocycles. The number of hydrogen-bond acceptors (Lipinski definition) is 4. The second kappa shape index (κ2) is 12.8. The summed E-state index contributed by atoms with van der Waals surface area (Å²) < 4.78 is 11.2. The van der Waals surface area contributed by atoms with Gasteiger partial charge in [0.25, 0.3) is 0 Å². The Balaban J connectivity index is 2.67. The number of ether oxygens (including phenoxy) is 2. The lowest BCUT2D eigenvalue weighted by atomic mass is 10.0. The van der Waals surface area contributed by atoms with E-state index in [2.05, 4.69) is 26.0 Å². The lowest BCUT2D eigenvalue weighted by molar-refractivity contribution is -0.159. The molecule has 26 heavy (non-hydrogen) atoms. The fourth-order valence-electron chi connectivity index (χ4n) is 2.74. The molecule has 0 aliphatic rings. The minimum Gasteiger partial charge on any atom is -0.351 e. The second-order valence-corrected chi connectivity index (χ2v) is 6.94. The highest BCUT2D eigenvalue weighted by Gasteiger charge is 2.24. The zero-order valence-electron chi connectivity index (χ0n) is 16.8. The van der Waals surface area contributed by atoms with E-state index in [0.717, 1.165) is 12.8 Å². The van der Waals surface area contributed by atoms with Gasteiger partial charge in [0.05, 0.1) is 12.6 Å². The van der Waals surface area contributed by atoms with E-state index in [1.54, 1.807) is 0 Å². The first-order chi connectivity index (χ1) is 12.5. The van der Waals surface area contributed by atoms with Crippen LogP contribution < -0.4 is 5.73 Å². The van der Waals surface area contributed by atoms with Gasteiger partial charge in [0, 0.05) is 19.8 Å². The standard InChI is InChI=1S/C21H36N2O3/c1-5-25-20(26-6-2)16-23(15-14-17(3)4)21(24)19(22)13-12-18-10-8-7-9-11-18/h7-11,17,19-20H,5-6,12-16,22H2,1-4H3/t19-/m0/s1. The van der Waals surface area contributed by atoms with E-state index in [0.29, 0.717) is 38.6 Å². The third kappa shape index (κ3) is 8.79. The van der Waals surface area contributed by atoms with Crippen LogP contribution in [0.4, 0.5) is 0 Å². The summed E-state index contributed by atoms with van der Waals surface area (Å²) in [5.74, 6) is 0.495. The van der Waals surface area contributed by atoms with Gasteiger partial charge < -0.3 is 20.1 Å². The molecule has 1 aromatic rings. The van der Waals surface area contributed by atoms with E-state index in [4.69, 9.17) is 15.2 Å². The van der Waals surface area contributed by atoms with E-state index in [1.807, 2.05) is 36.9 Å². The monoisotopic (exact) mass is 364 g/mol. The minimum atomic E-state index is -0.508. The average molecular weight is 365 g/mol. The molecule has 0 saturated carbocycles. The molecule has 0 bridgehead atoms. The lowest BCUT2D eigenvalue weighted by Gasteiger charge is -2.30. The van der Waals surface area contributed by atoms with Crippen LogP contribution in [0.1, 0.15) is 46.1 Å². The molecule has 5 heteroatoms. The maximum absolute atomic E-state index is 12.9. The summed E-state index contributed by atoms with van der Waals surface area (Å²) in [5.41, 5.74) is 7.42. The highest BCUT2D eigenvalue weighted by Crippen LogP contribution is 2.10. The maximum atomic E-state index is 12.9. The van der Waals surface area contributed by atoms with Gasteiger partial charge in [-0.1, -0.05) is 44.2 Å². The van der Waals surface area contributed by atoms with Crippen molar-refractivity contribution in [3.63, 3.8) is 0 Å². The van der Waals surface area contributed by atoms with Crippen LogP contribution >= 0.6 is 0 Å². The Morgan fingerprint density at radius 3 is 2.23 bits per heavy atom. The van der Waals surface area contributed by atoms with Crippen molar-refractivity contribution in [3.05, 3.63) is 35.9 Å². The molecule has 0 fully saturated rings. The fraction of sp³-hybridized carbons (Fsp3) is 0.667. The molecule has 0 aliphatic carbocycles.